The van der Waals surface area contributed by atoms with Crippen LogP contribution in [-0.4, -0.2) is 48.0 Å². The van der Waals surface area contributed by atoms with Crippen LogP contribution in [0, 0.1) is 5.92 Å². The minimum atomic E-state index is -0.561. The summed E-state index contributed by atoms with van der Waals surface area (Å²) in [6.45, 7) is 6.61. The number of hydrogen-bond donors (Lipinski definition) is 2. The first-order chi connectivity index (χ1) is 11.7. The number of furan rings is 1. The van der Waals surface area contributed by atoms with E-state index in [0.717, 1.165) is 0 Å². The monoisotopic (exact) mass is 351 g/mol. The molecule has 138 valence electrons. The first-order valence-electron chi connectivity index (χ1n) is 8.29. The smallest absolute Gasteiger partial charge is 0.407 e. The molecule has 2 N–H and O–H groups in total. The minimum Gasteiger partial charge on any atom is -0.467 e. The molecular weight excluding hydrogens is 326 g/mol. The second-order valence-corrected chi connectivity index (χ2v) is 6.97. The summed E-state index contributed by atoms with van der Waals surface area (Å²) in [5, 5.41) is 5.30. The third-order valence-electron chi connectivity index (χ3n) is 3.60. The molecule has 25 heavy (non-hydrogen) atoms. The van der Waals surface area contributed by atoms with Crippen LogP contribution in [0.2, 0.25) is 0 Å². The first-order valence-corrected chi connectivity index (χ1v) is 8.29. The van der Waals surface area contributed by atoms with Gasteiger partial charge in [-0.25, -0.2) is 4.79 Å². The molecule has 1 saturated heterocycles. The third kappa shape index (κ3) is 6.13. The fourth-order valence-electron chi connectivity index (χ4n) is 2.50. The second kappa shape index (κ2) is 8.04. The average molecular weight is 351 g/mol. The van der Waals surface area contributed by atoms with Crippen LogP contribution in [-0.2, 0) is 20.9 Å². The van der Waals surface area contributed by atoms with Gasteiger partial charge in [-0.05, 0) is 32.9 Å². The molecule has 8 heteroatoms. The van der Waals surface area contributed by atoms with Crippen molar-refractivity contribution in [3.8, 4) is 0 Å². The highest BCUT2D eigenvalue weighted by atomic mass is 16.6. The van der Waals surface area contributed by atoms with E-state index in [1.165, 1.54) is 0 Å². The van der Waals surface area contributed by atoms with Gasteiger partial charge in [0.15, 0.2) is 0 Å². The van der Waals surface area contributed by atoms with Crippen molar-refractivity contribution in [2.24, 2.45) is 5.92 Å². The largest absolute Gasteiger partial charge is 0.467 e. The molecule has 2 heterocycles. The van der Waals surface area contributed by atoms with E-state index in [4.69, 9.17) is 9.15 Å². The molecule has 0 radical (unpaired) electrons. The number of carbonyl (C=O) groups excluding carboxylic acids is 3. The van der Waals surface area contributed by atoms with Gasteiger partial charge in [0.1, 0.15) is 11.4 Å². The Morgan fingerprint density at radius 1 is 1.32 bits per heavy atom. The Balaban J connectivity index is 1.68. The van der Waals surface area contributed by atoms with Crippen LogP contribution in [0.5, 0.6) is 0 Å². The lowest BCUT2D eigenvalue weighted by Gasteiger charge is -2.19. The number of carbonyl (C=O) groups is 3. The summed E-state index contributed by atoms with van der Waals surface area (Å²) < 4.78 is 10.3. The normalized spacial score (nSPS) is 17.5. The molecule has 0 aliphatic carbocycles. The first kappa shape index (κ1) is 18.8. The SMILES string of the molecule is CC(C)(C)OC(=O)NCCNC(=O)[C@H]1CC(=O)N(Cc2ccco2)C1. The summed E-state index contributed by atoms with van der Waals surface area (Å²) in [4.78, 5) is 37.3. The lowest BCUT2D eigenvalue weighted by molar-refractivity contribution is -0.129. The van der Waals surface area contributed by atoms with Crippen molar-refractivity contribution < 1.29 is 23.5 Å². The minimum absolute atomic E-state index is 0.0663. The molecule has 1 aliphatic rings. The van der Waals surface area contributed by atoms with Gasteiger partial charge in [-0.1, -0.05) is 0 Å². The summed E-state index contributed by atoms with van der Waals surface area (Å²) in [6, 6.07) is 3.56. The van der Waals surface area contributed by atoms with Gasteiger partial charge in [0, 0.05) is 26.1 Å². The number of ether oxygens (including phenoxy) is 1. The van der Waals surface area contributed by atoms with E-state index in [1.807, 2.05) is 0 Å². The molecule has 1 aromatic rings. The Hall–Kier alpha value is -2.51. The van der Waals surface area contributed by atoms with Gasteiger partial charge in [-0.3, -0.25) is 9.59 Å². The fraction of sp³-hybridized carbons (Fsp3) is 0.588. The Bertz CT molecular complexity index is 606. The van der Waals surface area contributed by atoms with Crippen LogP contribution < -0.4 is 10.6 Å². The standard InChI is InChI=1S/C17H25N3O5/c1-17(2,3)25-16(23)19-7-6-18-15(22)12-9-14(21)20(10-12)11-13-5-4-8-24-13/h4-5,8,12H,6-7,9-11H2,1-3H3,(H,18,22)(H,19,23)/t12-/m0/s1. The number of amides is 3. The van der Waals surface area contributed by atoms with Crippen molar-refractivity contribution in [3.05, 3.63) is 24.2 Å². The van der Waals surface area contributed by atoms with Crippen LogP contribution in [0.4, 0.5) is 4.79 Å². The number of hydrogen-bond acceptors (Lipinski definition) is 5. The molecule has 1 aliphatic heterocycles. The van der Waals surface area contributed by atoms with E-state index in [9.17, 15) is 14.4 Å². The zero-order chi connectivity index (χ0) is 18.4. The van der Waals surface area contributed by atoms with E-state index in [2.05, 4.69) is 10.6 Å². The van der Waals surface area contributed by atoms with Gasteiger partial charge in [-0.15, -0.1) is 0 Å². The predicted molar refractivity (Wildman–Crippen MR) is 89.5 cm³/mol. The molecule has 0 bridgehead atoms. The maximum absolute atomic E-state index is 12.2. The summed E-state index contributed by atoms with van der Waals surface area (Å²) >= 11 is 0. The number of alkyl carbamates (subject to hydrolysis) is 1. The summed E-state index contributed by atoms with van der Waals surface area (Å²) in [7, 11) is 0. The van der Waals surface area contributed by atoms with Gasteiger partial charge in [0.2, 0.25) is 11.8 Å². The zero-order valence-corrected chi connectivity index (χ0v) is 14.8. The molecule has 2 rings (SSSR count). The van der Waals surface area contributed by atoms with Crippen molar-refractivity contribution in [2.75, 3.05) is 19.6 Å². The molecule has 0 saturated carbocycles. The van der Waals surface area contributed by atoms with Crippen molar-refractivity contribution in [1.29, 1.82) is 0 Å². The van der Waals surface area contributed by atoms with Gasteiger partial charge < -0.3 is 24.7 Å². The number of rotatable bonds is 6. The van der Waals surface area contributed by atoms with Gasteiger partial charge in [0.05, 0.1) is 18.7 Å². The van der Waals surface area contributed by atoms with Crippen LogP contribution in [0.3, 0.4) is 0 Å². The maximum atomic E-state index is 12.2. The van der Waals surface area contributed by atoms with E-state index in [1.54, 1.807) is 44.1 Å². The summed E-state index contributed by atoms with van der Waals surface area (Å²) in [6.07, 6.45) is 1.21. The summed E-state index contributed by atoms with van der Waals surface area (Å²) in [5.74, 6) is 0.0460. The van der Waals surface area contributed by atoms with Gasteiger partial charge in [-0.2, -0.15) is 0 Å². The number of nitrogens with zero attached hydrogens (tertiary/aromatic N) is 1. The van der Waals surface area contributed by atoms with E-state index in [-0.39, 0.29) is 37.2 Å². The Kier molecular flexibility index (Phi) is 6.06. The highest BCUT2D eigenvalue weighted by Gasteiger charge is 2.34. The molecule has 1 fully saturated rings. The van der Waals surface area contributed by atoms with Gasteiger partial charge in [0.25, 0.3) is 0 Å². The Morgan fingerprint density at radius 2 is 2.04 bits per heavy atom. The number of likely N-dealkylation sites (tertiary alicyclic amines) is 1. The third-order valence-corrected chi connectivity index (χ3v) is 3.60. The molecule has 1 atom stereocenters. The van der Waals surface area contributed by atoms with E-state index >= 15 is 0 Å². The molecule has 8 nitrogen and oxygen atoms in total. The van der Waals surface area contributed by atoms with Crippen LogP contribution >= 0.6 is 0 Å². The van der Waals surface area contributed by atoms with Crippen LogP contribution in [0.1, 0.15) is 33.0 Å². The highest BCUT2D eigenvalue weighted by Crippen LogP contribution is 2.20. The predicted octanol–water partition coefficient (Wildman–Crippen LogP) is 1.27. The second-order valence-electron chi connectivity index (χ2n) is 6.97. The molecule has 3 amide bonds. The molecule has 0 aromatic carbocycles. The number of nitrogens with one attached hydrogen (secondary N) is 2. The van der Waals surface area contributed by atoms with Crippen molar-refractivity contribution in [1.82, 2.24) is 15.5 Å². The Labute approximate surface area is 146 Å². The van der Waals surface area contributed by atoms with Crippen molar-refractivity contribution in [2.45, 2.75) is 39.3 Å². The lowest BCUT2D eigenvalue weighted by Crippen LogP contribution is -2.40. The Morgan fingerprint density at radius 3 is 2.68 bits per heavy atom. The van der Waals surface area contributed by atoms with Gasteiger partial charge >= 0.3 is 6.09 Å². The van der Waals surface area contributed by atoms with Crippen molar-refractivity contribution in [3.63, 3.8) is 0 Å². The van der Waals surface area contributed by atoms with E-state index < -0.39 is 11.7 Å². The molecular formula is C17H25N3O5. The molecule has 0 spiro atoms. The lowest BCUT2D eigenvalue weighted by atomic mass is 10.1. The highest BCUT2D eigenvalue weighted by molar-refractivity contribution is 5.89. The quantitative estimate of drug-likeness (QED) is 0.752. The molecule has 1 aromatic heterocycles. The van der Waals surface area contributed by atoms with Crippen LogP contribution in [0.15, 0.2) is 22.8 Å². The average Bonchev–Trinajstić information content (AvgIpc) is 3.13. The summed E-state index contributed by atoms with van der Waals surface area (Å²) in [5.41, 5.74) is -0.561. The molecule has 0 unspecified atom stereocenters. The zero-order valence-electron chi connectivity index (χ0n) is 14.8. The van der Waals surface area contributed by atoms with E-state index in [0.29, 0.717) is 18.8 Å². The van der Waals surface area contributed by atoms with Crippen LogP contribution in [0.25, 0.3) is 0 Å². The fourth-order valence-corrected chi connectivity index (χ4v) is 2.50. The maximum Gasteiger partial charge on any atom is 0.407 e. The topological polar surface area (TPSA) is 101 Å². The van der Waals surface area contributed by atoms with Crippen molar-refractivity contribution >= 4 is 17.9 Å².